The normalized spacial score (nSPS) is 15.3. The topological polar surface area (TPSA) is 64.5 Å². The standard InChI is InChI=1S/C19H25N3OS/c20-18-8-7-17(14-19(18)21)24-16-6-4-5-15(13-16)23-12-11-22-9-2-1-3-10-22/h4-8,13-14H,1-3,9-12,20-21H2. The van der Waals surface area contributed by atoms with E-state index in [-0.39, 0.29) is 0 Å². The van der Waals surface area contributed by atoms with Crippen LogP contribution in [-0.2, 0) is 0 Å². The number of hydrogen-bond donors (Lipinski definition) is 2. The van der Waals surface area contributed by atoms with Crippen LogP contribution in [0.25, 0.3) is 0 Å². The quantitative estimate of drug-likeness (QED) is 0.780. The molecule has 128 valence electrons. The highest BCUT2D eigenvalue weighted by molar-refractivity contribution is 7.99. The van der Waals surface area contributed by atoms with Gasteiger partial charge in [0.05, 0.1) is 11.4 Å². The van der Waals surface area contributed by atoms with Crippen LogP contribution in [0.1, 0.15) is 19.3 Å². The molecular weight excluding hydrogens is 318 g/mol. The first-order valence-corrected chi connectivity index (χ1v) is 9.30. The van der Waals surface area contributed by atoms with E-state index < -0.39 is 0 Å². The third kappa shape index (κ3) is 4.82. The number of anilines is 2. The minimum Gasteiger partial charge on any atom is -0.492 e. The predicted molar refractivity (Wildman–Crippen MR) is 102 cm³/mol. The second-order valence-electron chi connectivity index (χ2n) is 6.12. The highest BCUT2D eigenvalue weighted by Crippen LogP contribution is 2.32. The van der Waals surface area contributed by atoms with E-state index >= 15 is 0 Å². The van der Waals surface area contributed by atoms with Crippen LogP contribution in [-0.4, -0.2) is 31.1 Å². The fourth-order valence-electron chi connectivity index (χ4n) is 2.86. The molecular formula is C19H25N3OS. The average molecular weight is 343 g/mol. The molecule has 0 spiro atoms. The summed E-state index contributed by atoms with van der Waals surface area (Å²) in [6.07, 6.45) is 4.00. The summed E-state index contributed by atoms with van der Waals surface area (Å²) >= 11 is 1.66. The maximum Gasteiger partial charge on any atom is 0.120 e. The van der Waals surface area contributed by atoms with Crippen LogP contribution < -0.4 is 16.2 Å². The van der Waals surface area contributed by atoms with E-state index in [0.29, 0.717) is 11.4 Å². The molecule has 2 aromatic rings. The second-order valence-corrected chi connectivity index (χ2v) is 7.27. The Labute approximate surface area is 148 Å². The van der Waals surface area contributed by atoms with Gasteiger partial charge in [0, 0.05) is 16.3 Å². The zero-order valence-electron chi connectivity index (χ0n) is 13.9. The Hall–Kier alpha value is -1.85. The molecule has 0 unspecified atom stereocenters. The summed E-state index contributed by atoms with van der Waals surface area (Å²) in [5.41, 5.74) is 12.9. The lowest BCUT2D eigenvalue weighted by atomic mass is 10.1. The number of nitrogens with two attached hydrogens (primary N) is 2. The molecule has 0 saturated carbocycles. The lowest BCUT2D eigenvalue weighted by Gasteiger charge is -2.26. The Bertz CT molecular complexity index is 671. The van der Waals surface area contributed by atoms with Crippen molar-refractivity contribution < 1.29 is 4.74 Å². The van der Waals surface area contributed by atoms with Crippen molar-refractivity contribution in [3.63, 3.8) is 0 Å². The van der Waals surface area contributed by atoms with Gasteiger partial charge in [0.2, 0.25) is 0 Å². The molecule has 0 radical (unpaired) electrons. The van der Waals surface area contributed by atoms with E-state index in [1.165, 1.54) is 32.4 Å². The van der Waals surface area contributed by atoms with Crippen molar-refractivity contribution in [2.24, 2.45) is 0 Å². The lowest BCUT2D eigenvalue weighted by molar-refractivity contribution is 0.183. The molecule has 1 heterocycles. The summed E-state index contributed by atoms with van der Waals surface area (Å²) in [4.78, 5) is 4.70. The molecule has 0 aromatic heterocycles. The smallest absolute Gasteiger partial charge is 0.120 e. The molecule has 3 rings (SSSR count). The molecule has 0 atom stereocenters. The molecule has 2 aromatic carbocycles. The van der Waals surface area contributed by atoms with Gasteiger partial charge in [0.1, 0.15) is 12.4 Å². The second kappa shape index (κ2) is 8.31. The van der Waals surface area contributed by atoms with Crippen molar-refractivity contribution in [1.82, 2.24) is 4.90 Å². The molecule has 1 aliphatic heterocycles. The van der Waals surface area contributed by atoms with Crippen molar-refractivity contribution in [2.45, 2.75) is 29.1 Å². The average Bonchev–Trinajstić information content (AvgIpc) is 2.60. The Balaban J connectivity index is 1.54. The summed E-state index contributed by atoms with van der Waals surface area (Å²) in [5, 5.41) is 0. The summed E-state index contributed by atoms with van der Waals surface area (Å²) in [6.45, 7) is 4.16. The van der Waals surface area contributed by atoms with Gasteiger partial charge >= 0.3 is 0 Å². The van der Waals surface area contributed by atoms with Crippen molar-refractivity contribution in [3.05, 3.63) is 42.5 Å². The van der Waals surface area contributed by atoms with Gasteiger partial charge in [-0.1, -0.05) is 24.2 Å². The first-order chi connectivity index (χ1) is 11.7. The van der Waals surface area contributed by atoms with Crippen LogP contribution in [0.3, 0.4) is 0 Å². The minimum atomic E-state index is 0.619. The number of piperidine rings is 1. The highest BCUT2D eigenvalue weighted by atomic mass is 32.2. The van der Waals surface area contributed by atoms with Crippen molar-refractivity contribution >= 4 is 23.1 Å². The van der Waals surface area contributed by atoms with Gasteiger partial charge in [-0.25, -0.2) is 0 Å². The molecule has 0 bridgehead atoms. The van der Waals surface area contributed by atoms with Gasteiger partial charge in [0.15, 0.2) is 0 Å². The lowest BCUT2D eigenvalue weighted by Crippen LogP contribution is -2.33. The maximum absolute atomic E-state index is 5.93. The molecule has 1 fully saturated rings. The van der Waals surface area contributed by atoms with E-state index in [2.05, 4.69) is 17.0 Å². The summed E-state index contributed by atoms with van der Waals surface area (Å²) in [6, 6.07) is 13.9. The molecule has 4 nitrogen and oxygen atoms in total. The number of benzene rings is 2. The van der Waals surface area contributed by atoms with Gasteiger partial charge in [-0.3, -0.25) is 4.90 Å². The van der Waals surface area contributed by atoms with Gasteiger partial charge in [-0.05, 0) is 62.3 Å². The Morgan fingerprint density at radius 2 is 1.71 bits per heavy atom. The third-order valence-corrected chi connectivity index (χ3v) is 5.20. The van der Waals surface area contributed by atoms with Gasteiger partial charge < -0.3 is 16.2 Å². The number of nitrogens with zero attached hydrogens (tertiary/aromatic N) is 1. The largest absolute Gasteiger partial charge is 0.492 e. The molecule has 0 aliphatic carbocycles. The molecule has 24 heavy (non-hydrogen) atoms. The van der Waals surface area contributed by atoms with Crippen LogP contribution in [0.4, 0.5) is 11.4 Å². The van der Waals surface area contributed by atoms with Gasteiger partial charge in [-0.15, -0.1) is 0 Å². The van der Waals surface area contributed by atoms with Gasteiger partial charge in [0.25, 0.3) is 0 Å². The molecule has 1 aliphatic rings. The van der Waals surface area contributed by atoms with Crippen LogP contribution in [0.15, 0.2) is 52.3 Å². The monoisotopic (exact) mass is 343 g/mol. The Morgan fingerprint density at radius 1 is 0.917 bits per heavy atom. The number of rotatable bonds is 6. The predicted octanol–water partition coefficient (Wildman–Crippen LogP) is 3.87. The van der Waals surface area contributed by atoms with Crippen molar-refractivity contribution in [1.29, 1.82) is 0 Å². The number of hydrogen-bond acceptors (Lipinski definition) is 5. The third-order valence-electron chi connectivity index (χ3n) is 4.22. The van der Waals surface area contributed by atoms with Crippen molar-refractivity contribution in [3.8, 4) is 5.75 Å². The zero-order valence-corrected chi connectivity index (χ0v) is 14.7. The van der Waals surface area contributed by atoms with Crippen LogP contribution in [0.5, 0.6) is 5.75 Å². The zero-order chi connectivity index (χ0) is 16.8. The van der Waals surface area contributed by atoms with E-state index in [1.54, 1.807) is 11.8 Å². The number of likely N-dealkylation sites (tertiary alicyclic amines) is 1. The Kier molecular flexibility index (Phi) is 5.88. The fraction of sp³-hybridized carbons (Fsp3) is 0.368. The highest BCUT2D eigenvalue weighted by Gasteiger charge is 2.09. The molecule has 1 saturated heterocycles. The molecule has 5 heteroatoms. The first kappa shape index (κ1) is 17.0. The van der Waals surface area contributed by atoms with Crippen LogP contribution in [0.2, 0.25) is 0 Å². The minimum absolute atomic E-state index is 0.619. The molecule has 0 amide bonds. The van der Waals surface area contributed by atoms with Gasteiger partial charge in [-0.2, -0.15) is 0 Å². The van der Waals surface area contributed by atoms with E-state index in [1.807, 2.05) is 30.3 Å². The van der Waals surface area contributed by atoms with Crippen LogP contribution >= 0.6 is 11.8 Å². The van der Waals surface area contributed by atoms with Crippen LogP contribution in [0, 0.1) is 0 Å². The maximum atomic E-state index is 5.93. The van der Waals surface area contributed by atoms with E-state index in [0.717, 1.165) is 28.7 Å². The SMILES string of the molecule is Nc1ccc(Sc2cccc(OCCN3CCCCC3)c2)cc1N. The first-order valence-electron chi connectivity index (χ1n) is 8.49. The molecule has 4 N–H and O–H groups in total. The van der Waals surface area contributed by atoms with Crippen molar-refractivity contribution in [2.75, 3.05) is 37.7 Å². The van der Waals surface area contributed by atoms with E-state index in [4.69, 9.17) is 16.2 Å². The Morgan fingerprint density at radius 3 is 2.50 bits per heavy atom. The number of ether oxygens (including phenoxy) is 1. The van der Waals surface area contributed by atoms with E-state index in [9.17, 15) is 0 Å². The summed E-state index contributed by atoms with van der Waals surface area (Å²) < 4.78 is 5.93. The fourth-order valence-corrected chi connectivity index (χ4v) is 3.77. The summed E-state index contributed by atoms with van der Waals surface area (Å²) in [7, 11) is 0. The summed E-state index contributed by atoms with van der Waals surface area (Å²) in [5.74, 6) is 0.917. The number of nitrogen functional groups attached to an aromatic ring is 2.